The van der Waals surface area contributed by atoms with Crippen LogP contribution >= 0.6 is 22.9 Å². The third-order valence-corrected chi connectivity index (χ3v) is 3.29. The maximum absolute atomic E-state index is 5.88. The average Bonchev–Trinajstić information content (AvgIpc) is 2.98. The number of nitrogens with two attached hydrogens (primary N) is 1. The molecule has 3 heterocycles. The molecule has 0 aliphatic heterocycles. The second-order valence-electron chi connectivity index (χ2n) is 3.26. The van der Waals surface area contributed by atoms with Gasteiger partial charge in [-0.3, -0.25) is 0 Å². The van der Waals surface area contributed by atoms with Gasteiger partial charge in [0, 0.05) is 0 Å². The molecule has 0 spiro atoms. The Bertz CT molecular complexity index is 678. The van der Waals surface area contributed by atoms with Crippen molar-refractivity contribution in [1.29, 1.82) is 0 Å². The summed E-state index contributed by atoms with van der Waals surface area (Å²) in [6, 6.07) is 3.60. The Kier molecular flexibility index (Phi) is 2.65. The highest BCUT2D eigenvalue weighted by Gasteiger charge is 2.10. The van der Waals surface area contributed by atoms with Crippen LogP contribution in [-0.4, -0.2) is 29.7 Å². The highest BCUT2D eigenvalue weighted by atomic mass is 35.5. The van der Waals surface area contributed by atoms with Crippen molar-refractivity contribution >= 4 is 28.9 Å². The maximum atomic E-state index is 5.88. The lowest BCUT2D eigenvalue weighted by Gasteiger charge is -2.02. The Morgan fingerprint density at radius 3 is 2.78 bits per heavy atom. The molecule has 0 aliphatic carbocycles. The predicted molar refractivity (Wildman–Crippen MR) is 67.5 cm³/mol. The van der Waals surface area contributed by atoms with Gasteiger partial charge in [-0.15, -0.1) is 11.3 Å². The number of aromatic nitrogens is 6. The second kappa shape index (κ2) is 4.31. The minimum atomic E-state index is 0.120. The van der Waals surface area contributed by atoms with Crippen LogP contribution in [-0.2, 0) is 0 Å². The average molecular weight is 280 g/mol. The van der Waals surface area contributed by atoms with Crippen molar-refractivity contribution in [2.24, 2.45) is 0 Å². The summed E-state index contributed by atoms with van der Waals surface area (Å²) in [5.41, 5.74) is 5.66. The normalized spacial score (nSPS) is 10.7. The van der Waals surface area contributed by atoms with Crippen LogP contribution < -0.4 is 5.73 Å². The first kappa shape index (κ1) is 11.1. The molecule has 3 rings (SSSR count). The number of nitrogen functional groups attached to an aromatic ring is 1. The van der Waals surface area contributed by atoms with Crippen LogP contribution in [0.5, 0.6) is 0 Å². The van der Waals surface area contributed by atoms with E-state index in [-0.39, 0.29) is 5.95 Å². The molecule has 0 amide bonds. The highest BCUT2D eigenvalue weighted by Crippen LogP contribution is 2.29. The van der Waals surface area contributed by atoms with Crippen molar-refractivity contribution in [3.63, 3.8) is 0 Å². The van der Waals surface area contributed by atoms with Gasteiger partial charge >= 0.3 is 0 Å². The minimum absolute atomic E-state index is 0.120. The van der Waals surface area contributed by atoms with E-state index in [4.69, 9.17) is 17.3 Å². The van der Waals surface area contributed by atoms with Gasteiger partial charge in [-0.25, -0.2) is 4.98 Å². The molecule has 90 valence electrons. The number of rotatable bonds is 2. The Balaban J connectivity index is 2.11. The summed E-state index contributed by atoms with van der Waals surface area (Å²) in [7, 11) is 0. The lowest BCUT2D eigenvalue weighted by molar-refractivity contribution is 0.800. The van der Waals surface area contributed by atoms with Gasteiger partial charge in [0.05, 0.1) is 9.21 Å². The zero-order valence-electron chi connectivity index (χ0n) is 8.86. The summed E-state index contributed by atoms with van der Waals surface area (Å²) in [6.45, 7) is 0. The van der Waals surface area contributed by atoms with Gasteiger partial charge in [-0.05, 0) is 12.1 Å². The molecule has 3 aromatic heterocycles. The van der Waals surface area contributed by atoms with Gasteiger partial charge in [0.2, 0.25) is 5.95 Å². The summed E-state index contributed by atoms with van der Waals surface area (Å²) in [4.78, 5) is 17.0. The molecule has 0 aliphatic rings. The van der Waals surface area contributed by atoms with Crippen LogP contribution in [0.2, 0.25) is 4.34 Å². The van der Waals surface area contributed by atoms with E-state index in [1.54, 1.807) is 6.07 Å². The molecular formula is C9H6ClN7S. The van der Waals surface area contributed by atoms with Gasteiger partial charge in [0.15, 0.2) is 5.82 Å². The molecule has 0 unspecified atom stereocenters. The fourth-order valence-electron chi connectivity index (χ4n) is 1.34. The highest BCUT2D eigenvalue weighted by molar-refractivity contribution is 7.19. The van der Waals surface area contributed by atoms with Gasteiger partial charge in [-0.2, -0.15) is 24.7 Å². The Morgan fingerprint density at radius 2 is 2.11 bits per heavy atom. The summed E-state index contributed by atoms with van der Waals surface area (Å²) < 4.78 is 2.07. The van der Waals surface area contributed by atoms with Gasteiger partial charge in [0.25, 0.3) is 5.95 Å². The van der Waals surface area contributed by atoms with Crippen molar-refractivity contribution in [2.45, 2.75) is 0 Å². The fraction of sp³-hybridized carbons (Fsp3) is 0. The molecule has 0 bridgehead atoms. The number of hydrogen-bond acceptors (Lipinski definition) is 7. The van der Waals surface area contributed by atoms with E-state index in [9.17, 15) is 0 Å². The Labute approximate surface area is 110 Å². The maximum Gasteiger partial charge on any atom is 0.257 e. The first-order chi connectivity index (χ1) is 8.72. The number of anilines is 1. The van der Waals surface area contributed by atoms with Gasteiger partial charge < -0.3 is 5.73 Å². The van der Waals surface area contributed by atoms with Crippen LogP contribution in [0.25, 0.3) is 16.6 Å². The lowest BCUT2D eigenvalue weighted by Crippen LogP contribution is -2.07. The molecule has 0 atom stereocenters. The van der Waals surface area contributed by atoms with Crippen molar-refractivity contribution in [1.82, 2.24) is 29.7 Å². The molecule has 0 fully saturated rings. The molecular weight excluding hydrogens is 274 g/mol. The summed E-state index contributed by atoms with van der Waals surface area (Å²) >= 11 is 7.25. The molecule has 9 heteroatoms. The molecule has 18 heavy (non-hydrogen) atoms. The SMILES string of the molecule is Nc1nc(-c2ccc(Cl)s2)nc(-n2cncn2)n1. The van der Waals surface area contributed by atoms with Crippen molar-refractivity contribution in [2.75, 3.05) is 5.73 Å². The molecule has 7 nitrogen and oxygen atoms in total. The first-order valence-electron chi connectivity index (χ1n) is 4.84. The van der Waals surface area contributed by atoms with Crippen LogP contribution in [0.15, 0.2) is 24.8 Å². The van der Waals surface area contributed by atoms with E-state index >= 15 is 0 Å². The number of nitrogens with zero attached hydrogens (tertiary/aromatic N) is 6. The molecule has 0 saturated carbocycles. The van der Waals surface area contributed by atoms with E-state index in [0.29, 0.717) is 16.1 Å². The van der Waals surface area contributed by atoms with Crippen molar-refractivity contribution in [3.05, 3.63) is 29.1 Å². The fourth-order valence-corrected chi connectivity index (χ4v) is 2.32. The molecule has 0 aromatic carbocycles. The smallest absolute Gasteiger partial charge is 0.257 e. The zero-order chi connectivity index (χ0) is 12.5. The molecule has 3 aromatic rings. The first-order valence-corrected chi connectivity index (χ1v) is 6.04. The predicted octanol–water partition coefficient (Wildman–Crippen LogP) is 1.42. The summed E-state index contributed by atoms with van der Waals surface area (Å²) in [6.07, 6.45) is 2.88. The standard InChI is InChI=1S/C9H6ClN7S/c10-6-2-1-5(18-6)7-14-8(11)16-9(15-7)17-4-12-3-13-17/h1-4H,(H2,11,14,15,16). The number of halogens is 1. The third kappa shape index (κ3) is 2.03. The third-order valence-electron chi connectivity index (χ3n) is 2.06. The monoisotopic (exact) mass is 279 g/mol. The van der Waals surface area contributed by atoms with E-state index in [0.717, 1.165) is 4.88 Å². The van der Waals surface area contributed by atoms with Crippen molar-refractivity contribution in [3.8, 4) is 16.6 Å². The molecule has 2 N–H and O–H groups in total. The van der Waals surface area contributed by atoms with E-state index in [1.165, 1.54) is 28.7 Å². The molecule has 0 saturated heterocycles. The quantitative estimate of drug-likeness (QED) is 0.762. The van der Waals surface area contributed by atoms with E-state index in [1.807, 2.05) is 6.07 Å². The van der Waals surface area contributed by atoms with Crippen LogP contribution in [0.4, 0.5) is 5.95 Å². The van der Waals surface area contributed by atoms with Gasteiger partial charge in [-0.1, -0.05) is 11.6 Å². The van der Waals surface area contributed by atoms with Crippen molar-refractivity contribution < 1.29 is 0 Å². The largest absolute Gasteiger partial charge is 0.368 e. The Morgan fingerprint density at radius 1 is 1.22 bits per heavy atom. The zero-order valence-corrected chi connectivity index (χ0v) is 10.4. The van der Waals surface area contributed by atoms with E-state index in [2.05, 4.69) is 25.0 Å². The topological polar surface area (TPSA) is 95.4 Å². The van der Waals surface area contributed by atoms with Crippen LogP contribution in [0.3, 0.4) is 0 Å². The van der Waals surface area contributed by atoms with Crippen LogP contribution in [0.1, 0.15) is 0 Å². The molecule has 0 radical (unpaired) electrons. The van der Waals surface area contributed by atoms with E-state index < -0.39 is 0 Å². The lowest BCUT2D eigenvalue weighted by atomic mass is 10.4. The minimum Gasteiger partial charge on any atom is -0.368 e. The number of hydrogen-bond donors (Lipinski definition) is 1. The summed E-state index contributed by atoms with van der Waals surface area (Å²) in [5, 5.41) is 3.94. The summed E-state index contributed by atoms with van der Waals surface area (Å²) in [5.74, 6) is 0.902. The van der Waals surface area contributed by atoms with Crippen LogP contribution in [0, 0.1) is 0 Å². The number of thiophene rings is 1. The second-order valence-corrected chi connectivity index (χ2v) is 4.98. The van der Waals surface area contributed by atoms with Gasteiger partial charge in [0.1, 0.15) is 12.7 Å². The Hall–Kier alpha value is -2.06.